The van der Waals surface area contributed by atoms with Crippen LogP contribution in [0.1, 0.15) is 32.6 Å². The summed E-state index contributed by atoms with van der Waals surface area (Å²) in [6.07, 6.45) is 1.45. The molecule has 1 aliphatic rings. The van der Waals surface area contributed by atoms with Crippen molar-refractivity contribution in [3.8, 4) is 0 Å². The lowest BCUT2D eigenvalue weighted by molar-refractivity contribution is -0.00588. The maximum absolute atomic E-state index is 12.2. The van der Waals surface area contributed by atoms with Gasteiger partial charge in [0.05, 0.1) is 5.60 Å². The van der Waals surface area contributed by atoms with Crippen molar-refractivity contribution >= 4 is 0 Å². The predicted molar refractivity (Wildman–Crippen MR) is 34.0 cm³/mol. The van der Waals surface area contributed by atoms with Crippen molar-refractivity contribution in [3.63, 3.8) is 0 Å². The minimum Gasteiger partial charge on any atom is -0.390 e. The van der Waals surface area contributed by atoms with Crippen molar-refractivity contribution in [2.75, 3.05) is 0 Å². The zero-order valence-electron chi connectivity index (χ0n) is 6.03. The quantitative estimate of drug-likeness (QED) is 0.651. The van der Waals surface area contributed by atoms with E-state index in [1.807, 2.05) is 0 Å². The molecular formula is C7H12F2O. The molecule has 0 saturated heterocycles. The highest BCUT2D eigenvalue weighted by atomic mass is 19.3. The number of alkyl halides is 2. The monoisotopic (exact) mass is 150 g/mol. The first-order valence-corrected chi connectivity index (χ1v) is 3.52. The molecule has 1 saturated carbocycles. The van der Waals surface area contributed by atoms with Gasteiger partial charge in [-0.1, -0.05) is 0 Å². The zero-order chi connectivity index (χ0) is 7.83. The molecule has 0 aliphatic heterocycles. The van der Waals surface area contributed by atoms with Gasteiger partial charge in [0.25, 0.3) is 0 Å². The molecule has 1 fully saturated rings. The van der Waals surface area contributed by atoms with Crippen molar-refractivity contribution in [1.29, 1.82) is 0 Å². The van der Waals surface area contributed by atoms with E-state index < -0.39 is 11.5 Å². The molecular weight excluding hydrogens is 138 g/mol. The van der Waals surface area contributed by atoms with Crippen LogP contribution >= 0.6 is 0 Å². The lowest BCUT2D eigenvalue weighted by Gasteiger charge is -2.12. The summed E-state index contributed by atoms with van der Waals surface area (Å²) in [4.78, 5) is 0. The van der Waals surface area contributed by atoms with Crippen LogP contribution in [0.25, 0.3) is 0 Å². The van der Waals surface area contributed by atoms with Crippen LogP contribution in [0.15, 0.2) is 0 Å². The summed E-state index contributed by atoms with van der Waals surface area (Å²) in [5.41, 5.74) is -0.723. The first-order valence-electron chi connectivity index (χ1n) is 3.52. The summed E-state index contributed by atoms with van der Waals surface area (Å²) in [6.45, 7) is 0.888. The Morgan fingerprint density at radius 1 is 1.50 bits per heavy atom. The highest BCUT2D eigenvalue weighted by Crippen LogP contribution is 2.41. The molecule has 1 aliphatic carbocycles. The first kappa shape index (κ1) is 7.92. The summed E-state index contributed by atoms with van der Waals surface area (Å²) in [5, 5.41) is 9.16. The second-order valence-corrected chi connectivity index (χ2v) is 3.29. The molecule has 10 heavy (non-hydrogen) atoms. The number of aliphatic hydroxyl groups is 1. The fourth-order valence-electron chi connectivity index (χ4n) is 0.846. The lowest BCUT2D eigenvalue weighted by Crippen LogP contribution is -2.15. The number of hydrogen-bond donors (Lipinski definition) is 1. The van der Waals surface area contributed by atoms with E-state index in [4.69, 9.17) is 5.11 Å². The third-order valence-electron chi connectivity index (χ3n) is 1.86. The number of hydrogen-bond acceptors (Lipinski definition) is 1. The normalized spacial score (nSPS) is 22.8. The Morgan fingerprint density at radius 2 is 2.00 bits per heavy atom. The Morgan fingerprint density at radius 3 is 2.30 bits per heavy atom. The minimum atomic E-state index is -2.61. The molecule has 0 amide bonds. The van der Waals surface area contributed by atoms with E-state index in [1.165, 1.54) is 0 Å². The molecule has 60 valence electrons. The molecule has 1 N–H and O–H groups in total. The van der Waals surface area contributed by atoms with E-state index >= 15 is 0 Å². The van der Waals surface area contributed by atoms with Gasteiger partial charge < -0.3 is 5.11 Å². The van der Waals surface area contributed by atoms with Gasteiger partial charge in [0, 0.05) is 6.42 Å². The van der Waals surface area contributed by atoms with Crippen LogP contribution in [-0.4, -0.2) is 16.6 Å². The molecule has 1 rings (SSSR count). The van der Waals surface area contributed by atoms with Gasteiger partial charge in [-0.25, -0.2) is 8.78 Å². The van der Waals surface area contributed by atoms with Gasteiger partial charge in [0.15, 0.2) is 0 Å². The van der Waals surface area contributed by atoms with Crippen LogP contribution in [0.3, 0.4) is 0 Å². The average Bonchev–Trinajstić information content (AvgIpc) is 2.43. The highest BCUT2D eigenvalue weighted by molar-refractivity contribution is 4.93. The summed E-state index contributed by atoms with van der Waals surface area (Å²) in [6, 6.07) is 0. The molecule has 3 heteroatoms. The van der Waals surface area contributed by atoms with Crippen LogP contribution in [-0.2, 0) is 0 Å². The molecule has 0 radical (unpaired) electrons. The molecule has 0 spiro atoms. The summed E-state index contributed by atoms with van der Waals surface area (Å²) < 4.78 is 24.3. The summed E-state index contributed by atoms with van der Waals surface area (Å²) >= 11 is 0. The van der Waals surface area contributed by atoms with Crippen LogP contribution < -0.4 is 0 Å². The topological polar surface area (TPSA) is 20.2 Å². The number of rotatable bonds is 3. The van der Waals surface area contributed by atoms with E-state index in [0.29, 0.717) is 12.8 Å². The predicted octanol–water partition coefficient (Wildman–Crippen LogP) is 1.95. The second kappa shape index (κ2) is 2.16. The Bertz CT molecular complexity index is 119. The molecule has 1 nitrogen and oxygen atoms in total. The van der Waals surface area contributed by atoms with E-state index in [9.17, 15) is 8.78 Å². The largest absolute Gasteiger partial charge is 0.390 e. The van der Waals surface area contributed by atoms with Gasteiger partial charge in [0.1, 0.15) is 0 Å². The molecule has 0 bridgehead atoms. The van der Waals surface area contributed by atoms with E-state index in [1.54, 1.807) is 0 Å². The molecule has 0 aromatic carbocycles. The van der Waals surface area contributed by atoms with Crippen LogP contribution in [0.5, 0.6) is 0 Å². The van der Waals surface area contributed by atoms with Gasteiger partial charge in [0.2, 0.25) is 5.92 Å². The zero-order valence-corrected chi connectivity index (χ0v) is 6.03. The van der Waals surface area contributed by atoms with Gasteiger partial charge in [-0.3, -0.25) is 0 Å². The van der Waals surface area contributed by atoms with Crippen LogP contribution in [0.2, 0.25) is 0 Å². The first-order chi connectivity index (χ1) is 4.41. The van der Waals surface area contributed by atoms with Crippen molar-refractivity contribution in [2.45, 2.75) is 44.1 Å². The Hall–Kier alpha value is -0.180. The molecule has 0 aromatic rings. The fourth-order valence-corrected chi connectivity index (χ4v) is 0.846. The van der Waals surface area contributed by atoms with Crippen molar-refractivity contribution in [2.24, 2.45) is 0 Å². The standard InChI is InChI=1S/C7H12F2O/c1-6(8,9)2-3-7(10)4-5-7/h10H,2-5H2,1H3. The average molecular weight is 150 g/mol. The Balaban J connectivity index is 2.17. The van der Waals surface area contributed by atoms with Crippen LogP contribution in [0, 0.1) is 0 Å². The summed E-state index contributed by atoms with van der Waals surface area (Å²) in [7, 11) is 0. The molecule has 0 unspecified atom stereocenters. The van der Waals surface area contributed by atoms with Gasteiger partial charge in [-0.2, -0.15) is 0 Å². The fraction of sp³-hybridized carbons (Fsp3) is 1.00. The van der Waals surface area contributed by atoms with E-state index in [-0.39, 0.29) is 12.8 Å². The molecule has 0 atom stereocenters. The third-order valence-corrected chi connectivity index (χ3v) is 1.86. The minimum absolute atomic E-state index is 0.191. The molecule has 0 aromatic heterocycles. The Kier molecular flexibility index (Phi) is 1.71. The summed E-state index contributed by atoms with van der Waals surface area (Å²) in [5.74, 6) is -2.61. The Labute approximate surface area is 59.0 Å². The highest BCUT2D eigenvalue weighted by Gasteiger charge is 2.41. The van der Waals surface area contributed by atoms with E-state index in [2.05, 4.69) is 0 Å². The second-order valence-electron chi connectivity index (χ2n) is 3.29. The maximum Gasteiger partial charge on any atom is 0.245 e. The molecule has 0 heterocycles. The van der Waals surface area contributed by atoms with Gasteiger partial charge >= 0.3 is 0 Å². The number of halogens is 2. The van der Waals surface area contributed by atoms with Crippen molar-refractivity contribution < 1.29 is 13.9 Å². The third kappa shape index (κ3) is 2.60. The van der Waals surface area contributed by atoms with Gasteiger partial charge in [-0.05, 0) is 26.2 Å². The van der Waals surface area contributed by atoms with E-state index in [0.717, 1.165) is 6.92 Å². The van der Waals surface area contributed by atoms with Gasteiger partial charge in [-0.15, -0.1) is 0 Å². The van der Waals surface area contributed by atoms with Crippen molar-refractivity contribution in [3.05, 3.63) is 0 Å². The smallest absolute Gasteiger partial charge is 0.245 e. The van der Waals surface area contributed by atoms with Crippen molar-refractivity contribution in [1.82, 2.24) is 0 Å². The lowest BCUT2D eigenvalue weighted by atomic mass is 10.1. The van der Waals surface area contributed by atoms with Crippen LogP contribution in [0.4, 0.5) is 8.78 Å². The maximum atomic E-state index is 12.2. The SMILES string of the molecule is CC(F)(F)CCC1(O)CC1.